The number of nitrogens with zero attached hydrogens (tertiary/aromatic N) is 3. The summed E-state index contributed by atoms with van der Waals surface area (Å²) in [6.07, 6.45) is 0. The Labute approximate surface area is 311 Å². The van der Waals surface area contributed by atoms with E-state index in [2.05, 4.69) is 72.8 Å². The molecule has 0 amide bonds. The van der Waals surface area contributed by atoms with E-state index in [1.165, 1.54) is 27.8 Å². The third-order valence-corrected chi connectivity index (χ3v) is 11.3. The van der Waals surface area contributed by atoms with Crippen molar-refractivity contribution in [3.63, 3.8) is 0 Å². The maximum Gasteiger partial charge on any atom is 0.213 e. The fraction of sp³-hybridized carbons (Fsp3) is 0.0612. The Kier molecular flexibility index (Phi) is 5.06. The third kappa shape index (κ3) is 3.95. The zero-order valence-corrected chi connectivity index (χ0v) is 28.3. The van der Waals surface area contributed by atoms with E-state index in [0.29, 0.717) is 39.4 Å². The average Bonchev–Trinajstić information content (AvgIpc) is 3.89. The second-order valence-corrected chi connectivity index (χ2v) is 14.1. The summed E-state index contributed by atoms with van der Waals surface area (Å²) in [6, 6.07) is 53.0. The Morgan fingerprint density at radius 2 is 1.32 bits per heavy atom. The van der Waals surface area contributed by atoms with Gasteiger partial charge in [0.1, 0.15) is 5.58 Å². The Balaban J connectivity index is 1.06. The molecule has 7 aromatic carbocycles. The van der Waals surface area contributed by atoms with Gasteiger partial charge in [0.15, 0.2) is 5.82 Å². The molecule has 4 heterocycles. The quantitative estimate of drug-likeness (QED) is 0.186. The van der Waals surface area contributed by atoms with Crippen LogP contribution in [0.2, 0.25) is 0 Å². The molecule has 1 aliphatic heterocycles. The van der Waals surface area contributed by atoms with Crippen LogP contribution in [0.15, 0.2) is 162 Å². The van der Waals surface area contributed by atoms with Crippen molar-refractivity contribution in [2.24, 2.45) is 0 Å². The minimum atomic E-state index is -2.71. The Morgan fingerprint density at radius 3 is 2.17 bits per heavy atom. The van der Waals surface area contributed by atoms with E-state index in [1.807, 2.05) is 83.4 Å². The molecule has 0 fully saturated rings. The Hall–Kier alpha value is -6.78. The molecule has 2 aliphatic rings. The number of fused-ring (bicyclic) bond motifs is 11. The minimum absolute atomic E-state index is 0.0804. The summed E-state index contributed by atoms with van der Waals surface area (Å²) in [5, 5.41) is 3.62. The second kappa shape index (κ2) is 10.6. The van der Waals surface area contributed by atoms with Gasteiger partial charge in [0.25, 0.3) is 0 Å². The summed E-state index contributed by atoms with van der Waals surface area (Å²) in [5.74, 6) is -1.55. The van der Waals surface area contributed by atoms with E-state index < -0.39 is 12.7 Å². The van der Waals surface area contributed by atoms with E-state index in [4.69, 9.17) is 18.5 Å². The maximum atomic E-state index is 9.99. The fourth-order valence-electron chi connectivity index (χ4n) is 8.99. The fourth-order valence-corrected chi connectivity index (χ4v) is 8.99. The molecule has 0 radical (unpaired) electrons. The van der Waals surface area contributed by atoms with Gasteiger partial charge in [-0.15, -0.1) is 0 Å². The molecule has 4 heteroatoms. The largest absolute Gasteiger partial charge is 0.439 e. The van der Waals surface area contributed by atoms with Gasteiger partial charge in [-0.3, -0.25) is 4.57 Å². The van der Waals surface area contributed by atoms with Crippen LogP contribution in [0.5, 0.6) is 0 Å². The van der Waals surface area contributed by atoms with Gasteiger partial charge in [-0.2, -0.15) is 0 Å². The highest BCUT2D eigenvalue weighted by Crippen LogP contribution is 2.50. The number of para-hydroxylation sites is 3. The lowest BCUT2D eigenvalue weighted by Crippen LogP contribution is -2.11. The van der Waals surface area contributed by atoms with Crippen LogP contribution in [0.3, 0.4) is 0 Å². The van der Waals surface area contributed by atoms with Crippen LogP contribution in [-0.2, 0) is 0 Å². The summed E-state index contributed by atoms with van der Waals surface area (Å²) in [6.45, 7) is -2.71. The van der Waals surface area contributed by atoms with Crippen LogP contribution < -0.4 is 0 Å². The third-order valence-electron chi connectivity index (χ3n) is 11.3. The lowest BCUT2D eigenvalue weighted by molar-refractivity contribution is 0.642. The first-order valence-corrected chi connectivity index (χ1v) is 18.0. The molecule has 0 spiro atoms. The van der Waals surface area contributed by atoms with Gasteiger partial charge in [0.2, 0.25) is 5.71 Å². The molecule has 0 N–H and O–H groups in total. The smallest absolute Gasteiger partial charge is 0.213 e. The minimum Gasteiger partial charge on any atom is -0.439 e. The highest BCUT2D eigenvalue weighted by atomic mass is 16.3. The average molecular weight is 682 g/mol. The summed E-state index contributed by atoms with van der Waals surface area (Å²) < 4.78 is 45.1. The van der Waals surface area contributed by atoms with Crippen LogP contribution in [0.4, 0.5) is 0 Å². The predicted molar refractivity (Wildman–Crippen MR) is 215 cm³/mol. The number of hydrogen-bond donors (Lipinski definition) is 0. The molecular weight excluding hydrogens is 647 g/mol. The zero-order chi connectivity index (χ0) is 38.2. The SMILES string of the molecule is [2H]C([2H])([2H])C1([2H])c2cc(-c3nc(-c4cccc(C5c6ccccc6-c6ccccc65)c4)c4ccccc4n3)ccc2-n2c3oc4ccccc4c3c3cccc1c32. The predicted octanol–water partition coefficient (Wildman–Crippen LogP) is 12.4. The number of furan rings is 1. The van der Waals surface area contributed by atoms with Gasteiger partial charge < -0.3 is 4.42 Å². The van der Waals surface area contributed by atoms with Gasteiger partial charge in [-0.05, 0) is 75.3 Å². The molecule has 10 aromatic rings. The number of rotatable bonds is 3. The molecule has 0 bridgehead atoms. The number of aromatic nitrogens is 3. The first kappa shape index (κ1) is 25.2. The number of hydrogen-bond acceptors (Lipinski definition) is 3. The molecule has 53 heavy (non-hydrogen) atoms. The van der Waals surface area contributed by atoms with Gasteiger partial charge in [0.05, 0.1) is 27.8 Å². The van der Waals surface area contributed by atoms with Crippen molar-refractivity contribution in [2.75, 3.05) is 0 Å². The van der Waals surface area contributed by atoms with Crippen LogP contribution >= 0.6 is 0 Å². The number of benzene rings is 7. The van der Waals surface area contributed by atoms with Crippen molar-refractivity contribution in [3.05, 3.63) is 186 Å². The van der Waals surface area contributed by atoms with Crippen LogP contribution in [0.1, 0.15) is 52.0 Å². The summed E-state index contributed by atoms with van der Waals surface area (Å²) in [5.41, 5.74) is 12.8. The second-order valence-electron chi connectivity index (χ2n) is 14.1. The first-order valence-electron chi connectivity index (χ1n) is 20.0. The first-order chi connectivity index (χ1) is 27.8. The van der Waals surface area contributed by atoms with Gasteiger partial charge in [-0.1, -0.05) is 128 Å². The molecular formula is C49H31N3O. The van der Waals surface area contributed by atoms with Crippen molar-refractivity contribution in [1.29, 1.82) is 0 Å². The molecule has 0 saturated heterocycles. The molecule has 248 valence electrons. The van der Waals surface area contributed by atoms with Gasteiger partial charge >= 0.3 is 0 Å². The molecule has 1 aliphatic carbocycles. The zero-order valence-electron chi connectivity index (χ0n) is 32.3. The Bertz CT molecular complexity index is 3300. The topological polar surface area (TPSA) is 43.9 Å². The molecule has 4 nitrogen and oxygen atoms in total. The molecule has 1 unspecified atom stereocenters. The monoisotopic (exact) mass is 681 g/mol. The standard InChI is InChI=1S/C49H31N3O/c1-28-32-20-11-21-39-45-38-19-7-9-23-43(38)53-49(45)52(47(32)39)42-25-24-31(27-40(28)42)48-50-41-22-8-6-18-37(41)46(51-48)30-13-10-12-29(26-30)44-35-16-4-2-14-33(35)34-15-3-5-17-36(34)44/h2-28,44H,1H3/i1D3,28D. The maximum absolute atomic E-state index is 9.99. The van der Waals surface area contributed by atoms with E-state index in [0.717, 1.165) is 43.9 Å². The highest BCUT2D eigenvalue weighted by Gasteiger charge is 2.31. The molecule has 12 rings (SSSR count). The van der Waals surface area contributed by atoms with Crippen molar-refractivity contribution < 1.29 is 9.90 Å². The van der Waals surface area contributed by atoms with Crippen LogP contribution in [-0.4, -0.2) is 14.5 Å². The van der Waals surface area contributed by atoms with Crippen molar-refractivity contribution in [2.45, 2.75) is 18.7 Å². The molecule has 3 aromatic heterocycles. The van der Waals surface area contributed by atoms with Crippen molar-refractivity contribution in [3.8, 4) is 39.5 Å². The van der Waals surface area contributed by atoms with Crippen LogP contribution in [0.25, 0.3) is 83.3 Å². The van der Waals surface area contributed by atoms with Gasteiger partial charge in [-0.25, -0.2) is 9.97 Å². The van der Waals surface area contributed by atoms with Crippen molar-refractivity contribution >= 4 is 43.9 Å². The van der Waals surface area contributed by atoms with Crippen molar-refractivity contribution in [1.82, 2.24) is 14.5 Å². The molecule has 0 saturated carbocycles. The van der Waals surface area contributed by atoms with E-state index in [9.17, 15) is 1.37 Å². The Morgan fingerprint density at radius 1 is 0.604 bits per heavy atom. The van der Waals surface area contributed by atoms with Gasteiger partial charge in [0, 0.05) is 44.6 Å². The molecule has 1 atom stereocenters. The summed E-state index contributed by atoms with van der Waals surface area (Å²) in [4.78, 5) is 10.3. The lowest BCUT2D eigenvalue weighted by atomic mass is 9.86. The van der Waals surface area contributed by atoms with Crippen LogP contribution in [0, 0.1) is 0 Å². The van der Waals surface area contributed by atoms with E-state index in [-0.39, 0.29) is 5.92 Å². The summed E-state index contributed by atoms with van der Waals surface area (Å²) >= 11 is 0. The van der Waals surface area contributed by atoms with E-state index in [1.54, 1.807) is 6.07 Å². The van der Waals surface area contributed by atoms with E-state index >= 15 is 0 Å². The summed E-state index contributed by atoms with van der Waals surface area (Å²) in [7, 11) is 0. The lowest BCUT2D eigenvalue weighted by Gasteiger charge is -2.26. The highest BCUT2D eigenvalue weighted by molar-refractivity contribution is 6.21. The normalized spacial score (nSPS) is 17.4.